The van der Waals surface area contributed by atoms with Crippen molar-refractivity contribution in [1.82, 2.24) is 5.43 Å². The van der Waals surface area contributed by atoms with Crippen LogP contribution in [0.3, 0.4) is 0 Å². The minimum absolute atomic E-state index is 0.146. The molecule has 104 valence electrons. The third-order valence-electron chi connectivity index (χ3n) is 2.24. The van der Waals surface area contributed by atoms with E-state index >= 15 is 0 Å². The number of hydrazone groups is 1. The summed E-state index contributed by atoms with van der Waals surface area (Å²) in [7, 11) is 1.22. The van der Waals surface area contributed by atoms with E-state index in [1.807, 2.05) is 0 Å². The van der Waals surface area contributed by atoms with Crippen molar-refractivity contribution in [2.24, 2.45) is 5.10 Å². The molecule has 0 unspecified atom stereocenters. The predicted molar refractivity (Wildman–Crippen MR) is 65.7 cm³/mol. The van der Waals surface area contributed by atoms with E-state index in [-0.39, 0.29) is 5.75 Å². The molecule has 0 aliphatic carbocycles. The fourth-order valence-corrected chi connectivity index (χ4v) is 1.54. The van der Waals surface area contributed by atoms with Crippen LogP contribution < -0.4 is 10.2 Å². The Morgan fingerprint density at radius 2 is 1.95 bits per heavy atom. The number of nitrogens with one attached hydrogen (secondary N) is 1. The summed E-state index contributed by atoms with van der Waals surface area (Å²) >= 11 is 0. The number of methoxy groups -OCH3 is 1. The van der Waals surface area contributed by atoms with Gasteiger partial charge in [0.15, 0.2) is 0 Å². The number of alkyl halides is 2. The molecular weight excluding hydrogens is 258 g/mol. The van der Waals surface area contributed by atoms with Gasteiger partial charge >= 0.3 is 12.7 Å². The zero-order valence-electron chi connectivity index (χ0n) is 10.7. The van der Waals surface area contributed by atoms with Crippen molar-refractivity contribution in [3.05, 3.63) is 28.8 Å². The first-order valence-electron chi connectivity index (χ1n) is 5.37. The molecule has 0 bridgehead atoms. The van der Waals surface area contributed by atoms with Crippen molar-refractivity contribution in [1.29, 1.82) is 0 Å². The first-order valence-corrected chi connectivity index (χ1v) is 5.37. The maximum absolute atomic E-state index is 12.2. The third-order valence-corrected chi connectivity index (χ3v) is 2.24. The van der Waals surface area contributed by atoms with Crippen LogP contribution in [0.4, 0.5) is 13.6 Å². The zero-order valence-corrected chi connectivity index (χ0v) is 10.7. The molecule has 1 amide bonds. The number of benzene rings is 1. The van der Waals surface area contributed by atoms with E-state index in [9.17, 15) is 13.6 Å². The largest absolute Gasteiger partial charge is 0.452 e. The lowest BCUT2D eigenvalue weighted by Crippen LogP contribution is -2.16. The molecule has 0 heterocycles. The van der Waals surface area contributed by atoms with Gasteiger partial charge in [-0.3, -0.25) is 0 Å². The summed E-state index contributed by atoms with van der Waals surface area (Å²) in [6.45, 7) is 0.434. The van der Waals surface area contributed by atoms with Crippen LogP contribution in [0.1, 0.15) is 16.7 Å². The fraction of sp³-hybridized carbons (Fsp3) is 0.333. The highest BCUT2D eigenvalue weighted by Crippen LogP contribution is 2.25. The Morgan fingerprint density at radius 3 is 2.42 bits per heavy atom. The van der Waals surface area contributed by atoms with Crippen LogP contribution in [0.25, 0.3) is 0 Å². The number of nitrogens with zero attached hydrogens (tertiary/aromatic N) is 1. The van der Waals surface area contributed by atoms with Gasteiger partial charge in [0.05, 0.1) is 13.3 Å². The summed E-state index contributed by atoms with van der Waals surface area (Å²) < 4.78 is 33.2. The Labute approximate surface area is 109 Å². The predicted octanol–water partition coefficient (Wildman–Crippen LogP) is 2.59. The van der Waals surface area contributed by atoms with Crippen molar-refractivity contribution < 1.29 is 23.0 Å². The van der Waals surface area contributed by atoms with E-state index in [2.05, 4.69) is 20.0 Å². The highest BCUT2D eigenvalue weighted by molar-refractivity contribution is 5.82. The summed E-state index contributed by atoms with van der Waals surface area (Å²) in [6, 6.07) is 3.24. The van der Waals surface area contributed by atoms with Crippen LogP contribution in [0.15, 0.2) is 17.2 Å². The highest BCUT2D eigenvalue weighted by atomic mass is 19.3. The van der Waals surface area contributed by atoms with Crippen molar-refractivity contribution in [3.8, 4) is 5.75 Å². The van der Waals surface area contributed by atoms with Crippen molar-refractivity contribution in [3.63, 3.8) is 0 Å². The summed E-state index contributed by atoms with van der Waals surface area (Å²) in [6.07, 6.45) is 0.686. The molecule has 5 nitrogen and oxygen atoms in total. The fourth-order valence-electron chi connectivity index (χ4n) is 1.54. The molecule has 0 aliphatic rings. The summed E-state index contributed by atoms with van der Waals surface area (Å²) in [5, 5.41) is 3.65. The molecule has 7 heteroatoms. The van der Waals surface area contributed by atoms with Gasteiger partial charge in [0.2, 0.25) is 0 Å². The molecule has 0 aliphatic heterocycles. The second-order valence-electron chi connectivity index (χ2n) is 3.72. The summed E-state index contributed by atoms with van der Waals surface area (Å²) in [4.78, 5) is 10.8. The highest BCUT2D eigenvalue weighted by Gasteiger charge is 2.11. The second kappa shape index (κ2) is 6.67. The maximum atomic E-state index is 12.2. The molecule has 0 spiro atoms. The van der Waals surface area contributed by atoms with Crippen LogP contribution in [0.2, 0.25) is 0 Å². The average Bonchev–Trinajstić information content (AvgIpc) is 2.33. The number of halogens is 2. The number of carbonyl (C=O) groups excluding carboxylic acids is 1. The quantitative estimate of drug-likeness (QED) is 0.677. The van der Waals surface area contributed by atoms with Crippen LogP contribution in [-0.4, -0.2) is 26.0 Å². The minimum Gasteiger partial charge on any atom is -0.452 e. The monoisotopic (exact) mass is 272 g/mol. The molecule has 19 heavy (non-hydrogen) atoms. The lowest BCUT2D eigenvalue weighted by Gasteiger charge is -2.11. The summed E-state index contributed by atoms with van der Waals surface area (Å²) in [5.74, 6) is 0.146. The number of carbonyl (C=O) groups is 1. The SMILES string of the molecule is COC(=O)N/N=C\c1cc(C)c(OC(F)F)c(C)c1. The number of ether oxygens (including phenoxy) is 2. The molecule has 1 aromatic rings. The van der Waals surface area contributed by atoms with E-state index in [4.69, 9.17) is 0 Å². The number of rotatable bonds is 4. The smallest absolute Gasteiger partial charge is 0.427 e. The van der Waals surface area contributed by atoms with Crippen LogP contribution in [0.5, 0.6) is 5.75 Å². The Balaban J connectivity index is 2.85. The lowest BCUT2D eigenvalue weighted by molar-refractivity contribution is -0.0507. The van der Waals surface area contributed by atoms with Crippen molar-refractivity contribution >= 4 is 12.3 Å². The topological polar surface area (TPSA) is 59.9 Å². The van der Waals surface area contributed by atoms with E-state index in [0.29, 0.717) is 16.7 Å². The zero-order chi connectivity index (χ0) is 14.4. The standard InChI is InChI=1S/C12H14F2N2O3/c1-7-4-9(6-15-16-12(17)18-3)5-8(2)10(7)19-11(13)14/h4-6,11H,1-3H3,(H,16,17)/b15-6-. The molecule has 0 saturated carbocycles. The van der Waals surface area contributed by atoms with Gasteiger partial charge < -0.3 is 9.47 Å². The van der Waals surface area contributed by atoms with Gasteiger partial charge in [-0.2, -0.15) is 13.9 Å². The molecule has 1 N–H and O–H groups in total. The number of hydrogen-bond acceptors (Lipinski definition) is 4. The number of hydrogen-bond donors (Lipinski definition) is 1. The molecule has 0 radical (unpaired) electrons. The molecule has 1 aromatic carbocycles. The van der Waals surface area contributed by atoms with Crippen LogP contribution in [0, 0.1) is 13.8 Å². The number of aryl methyl sites for hydroxylation is 2. The third kappa shape index (κ3) is 4.53. The van der Waals surface area contributed by atoms with Gasteiger partial charge in [-0.05, 0) is 42.7 Å². The van der Waals surface area contributed by atoms with E-state index in [1.165, 1.54) is 13.3 Å². The summed E-state index contributed by atoms with van der Waals surface area (Å²) in [5.41, 5.74) is 3.88. The maximum Gasteiger partial charge on any atom is 0.427 e. The van der Waals surface area contributed by atoms with E-state index in [1.54, 1.807) is 26.0 Å². The van der Waals surface area contributed by atoms with Gasteiger partial charge in [-0.25, -0.2) is 10.2 Å². The first kappa shape index (κ1) is 14.9. The van der Waals surface area contributed by atoms with Gasteiger partial charge in [0.25, 0.3) is 0 Å². The van der Waals surface area contributed by atoms with Gasteiger partial charge in [0, 0.05) is 0 Å². The second-order valence-corrected chi connectivity index (χ2v) is 3.72. The molecule has 0 aromatic heterocycles. The van der Waals surface area contributed by atoms with Gasteiger partial charge in [-0.1, -0.05) is 0 Å². The molecule has 1 rings (SSSR count). The first-order chi connectivity index (χ1) is 8.93. The van der Waals surface area contributed by atoms with Crippen molar-refractivity contribution in [2.75, 3.05) is 7.11 Å². The minimum atomic E-state index is -2.86. The molecule has 0 atom stereocenters. The normalized spacial score (nSPS) is 10.8. The Kier molecular flexibility index (Phi) is 5.23. The van der Waals surface area contributed by atoms with Gasteiger partial charge in [0.1, 0.15) is 5.75 Å². The molecule has 0 saturated heterocycles. The van der Waals surface area contributed by atoms with E-state index < -0.39 is 12.7 Å². The van der Waals surface area contributed by atoms with Crippen LogP contribution >= 0.6 is 0 Å². The van der Waals surface area contributed by atoms with Gasteiger partial charge in [-0.15, -0.1) is 0 Å². The molecule has 0 fully saturated rings. The Bertz CT molecular complexity index is 467. The molecular formula is C12H14F2N2O3. The average molecular weight is 272 g/mol. The Hall–Kier alpha value is -2.18. The Morgan fingerprint density at radius 1 is 1.37 bits per heavy atom. The lowest BCUT2D eigenvalue weighted by atomic mass is 10.1. The van der Waals surface area contributed by atoms with Crippen LogP contribution in [-0.2, 0) is 4.74 Å². The van der Waals surface area contributed by atoms with E-state index in [0.717, 1.165) is 0 Å². The van der Waals surface area contributed by atoms with Crippen molar-refractivity contribution in [2.45, 2.75) is 20.5 Å². The number of amides is 1.